The van der Waals surface area contributed by atoms with E-state index >= 15 is 0 Å². The van der Waals surface area contributed by atoms with Crippen LogP contribution in [0.2, 0.25) is 5.02 Å². The van der Waals surface area contributed by atoms with Crippen molar-refractivity contribution in [2.24, 2.45) is 4.99 Å². The van der Waals surface area contributed by atoms with Gasteiger partial charge in [-0.3, -0.25) is 19.5 Å². The fraction of sp³-hybridized carbons (Fsp3) is 0.156. The standard InChI is InChI=1S/C32H22ClF3N4O5S/c1-2-45-30(42)26-27(19-9-11-21(33)12-10-19)39-29(41)25(46-31(39)37-28(26)32(34,35)36)15-20-17-38(24-6-4-3-5-23(20)24)16-18-7-13-22(14-8-18)40(43)44/h3-15,17,27H,2,16H2,1H3/b25-15-/t27-/m0/s1. The highest BCUT2D eigenvalue weighted by Crippen LogP contribution is 2.38. The fourth-order valence-corrected chi connectivity index (χ4v) is 6.50. The van der Waals surface area contributed by atoms with Crippen molar-refractivity contribution >= 4 is 51.6 Å². The number of nitro benzene ring substituents is 1. The monoisotopic (exact) mass is 666 g/mol. The molecule has 0 amide bonds. The summed E-state index contributed by atoms with van der Waals surface area (Å²) in [6.07, 6.45) is -1.64. The first kappa shape index (κ1) is 31.0. The van der Waals surface area contributed by atoms with E-state index in [1.54, 1.807) is 24.4 Å². The lowest BCUT2D eigenvalue weighted by Gasteiger charge is -2.26. The maximum absolute atomic E-state index is 14.4. The van der Waals surface area contributed by atoms with Crippen LogP contribution in [-0.4, -0.2) is 32.8 Å². The number of nitrogens with zero attached hydrogens (tertiary/aromatic N) is 4. The number of para-hydroxylation sites is 1. The molecule has 0 aliphatic carbocycles. The zero-order valence-electron chi connectivity index (χ0n) is 23.8. The van der Waals surface area contributed by atoms with Crippen molar-refractivity contribution in [3.63, 3.8) is 0 Å². The zero-order valence-corrected chi connectivity index (χ0v) is 25.4. The highest BCUT2D eigenvalue weighted by Gasteiger charge is 2.45. The number of thiazole rings is 1. The molecular formula is C32H22ClF3N4O5S. The van der Waals surface area contributed by atoms with Crippen molar-refractivity contribution in [1.82, 2.24) is 9.13 Å². The lowest BCUT2D eigenvalue weighted by Crippen LogP contribution is -2.41. The second-order valence-electron chi connectivity index (χ2n) is 10.3. The molecule has 1 atom stereocenters. The van der Waals surface area contributed by atoms with Gasteiger partial charge in [-0.1, -0.05) is 65.4 Å². The first-order valence-electron chi connectivity index (χ1n) is 13.8. The minimum Gasteiger partial charge on any atom is -0.463 e. The number of halogens is 4. The van der Waals surface area contributed by atoms with E-state index in [0.717, 1.165) is 32.4 Å². The Morgan fingerprint density at radius 3 is 2.46 bits per heavy atom. The molecule has 9 nitrogen and oxygen atoms in total. The summed E-state index contributed by atoms with van der Waals surface area (Å²) in [6, 6.07) is 17.9. The molecule has 3 aromatic carbocycles. The normalized spacial score (nSPS) is 15.2. The van der Waals surface area contributed by atoms with E-state index < -0.39 is 39.9 Å². The van der Waals surface area contributed by atoms with E-state index in [9.17, 15) is 32.9 Å². The number of fused-ring (bicyclic) bond motifs is 2. The highest BCUT2D eigenvalue weighted by atomic mass is 35.5. The number of non-ortho nitro benzene ring substituents is 1. The number of benzene rings is 3. The molecule has 234 valence electrons. The van der Waals surface area contributed by atoms with Crippen molar-refractivity contribution < 1.29 is 27.6 Å². The van der Waals surface area contributed by atoms with Gasteiger partial charge in [-0.15, -0.1) is 0 Å². The topological polar surface area (TPSA) is 109 Å². The Labute approximate surface area is 266 Å². The van der Waals surface area contributed by atoms with Crippen molar-refractivity contribution in [3.05, 3.63) is 142 Å². The molecule has 2 aromatic heterocycles. The molecule has 1 aliphatic rings. The summed E-state index contributed by atoms with van der Waals surface area (Å²) in [4.78, 5) is 41.2. The van der Waals surface area contributed by atoms with Crippen LogP contribution in [-0.2, 0) is 16.1 Å². The number of hydrogen-bond acceptors (Lipinski definition) is 7. The van der Waals surface area contributed by atoms with E-state index in [2.05, 4.69) is 4.99 Å². The molecule has 46 heavy (non-hydrogen) atoms. The van der Waals surface area contributed by atoms with Crippen LogP contribution in [0.5, 0.6) is 0 Å². The van der Waals surface area contributed by atoms with Crippen molar-refractivity contribution in [2.45, 2.75) is 25.7 Å². The van der Waals surface area contributed by atoms with Gasteiger partial charge >= 0.3 is 12.1 Å². The van der Waals surface area contributed by atoms with Gasteiger partial charge in [0.25, 0.3) is 11.2 Å². The third-order valence-electron chi connectivity index (χ3n) is 7.39. The molecule has 0 saturated carbocycles. The first-order chi connectivity index (χ1) is 22.0. The number of nitro groups is 1. The molecule has 0 radical (unpaired) electrons. The Bertz CT molecular complexity index is 2220. The molecule has 0 unspecified atom stereocenters. The predicted octanol–water partition coefficient (Wildman–Crippen LogP) is 5.91. The fourth-order valence-electron chi connectivity index (χ4n) is 5.38. The van der Waals surface area contributed by atoms with Crippen LogP contribution >= 0.6 is 22.9 Å². The van der Waals surface area contributed by atoms with Crippen molar-refractivity contribution in [1.29, 1.82) is 0 Å². The summed E-state index contributed by atoms with van der Waals surface area (Å²) in [6.45, 7) is 1.65. The van der Waals surface area contributed by atoms with Gasteiger partial charge in [0.2, 0.25) is 0 Å². The molecule has 1 aliphatic heterocycles. The minimum atomic E-state index is -5.02. The molecule has 5 aromatic rings. The van der Waals surface area contributed by atoms with E-state index in [0.29, 0.717) is 17.1 Å². The van der Waals surface area contributed by atoms with E-state index in [1.807, 2.05) is 28.8 Å². The third kappa shape index (κ3) is 5.74. The molecule has 3 heterocycles. The zero-order chi connectivity index (χ0) is 32.7. The van der Waals surface area contributed by atoms with Gasteiger partial charge in [0.15, 0.2) is 10.5 Å². The number of alkyl halides is 3. The number of ether oxygens (including phenoxy) is 1. The third-order valence-corrected chi connectivity index (χ3v) is 8.62. The number of rotatable bonds is 7. The second kappa shape index (κ2) is 12.1. The van der Waals surface area contributed by atoms with Gasteiger partial charge < -0.3 is 9.30 Å². The number of esters is 1. The van der Waals surface area contributed by atoms with Gasteiger partial charge in [-0.05, 0) is 42.3 Å². The number of aromatic nitrogens is 2. The summed E-state index contributed by atoms with van der Waals surface area (Å²) in [5, 5.41) is 12.2. The Hall–Kier alpha value is -5.01. The van der Waals surface area contributed by atoms with Crippen LogP contribution in [0.15, 0.2) is 100 Å². The molecule has 14 heteroatoms. The Morgan fingerprint density at radius 1 is 1.11 bits per heavy atom. The Morgan fingerprint density at radius 2 is 1.80 bits per heavy atom. The summed E-state index contributed by atoms with van der Waals surface area (Å²) >= 11 is 6.82. The van der Waals surface area contributed by atoms with Crippen LogP contribution in [0.3, 0.4) is 0 Å². The van der Waals surface area contributed by atoms with E-state index in [4.69, 9.17) is 16.3 Å². The lowest BCUT2D eigenvalue weighted by molar-refractivity contribution is -0.384. The SMILES string of the molecule is CCOC(=O)C1=C(C(F)(F)F)N=c2s/c(=C\c3cn(Cc4ccc([N+](=O)[O-])cc4)c4ccccc34)c(=O)n2[C@H]1c1ccc(Cl)cc1. The van der Waals surface area contributed by atoms with Crippen molar-refractivity contribution in [3.8, 4) is 0 Å². The molecule has 6 rings (SSSR count). The summed E-state index contributed by atoms with van der Waals surface area (Å²) in [5.74, 6) is -1.23. The Kier molecular flexibility index (Phi) is 8.13. The van der Waals surface area contributed by atoms with Crippen molar-refractivity contribution in [2.75, 3.05) is 6.61 Å². The number of hydrogen-bond donors (Lipinski definition) is 0. The van der Waals surface area contributed by atoms with Gasteiger partial charge in [0, 0.05) is 46.4 Å². The van der Waals surface area contributed by atoms with Crippen LogP contribution < -0.4 is 14.9 Å². The molecule has 0 fully saturated rings. The van der Waals surface area contributed by atoms with Gasteiger partial charge in [0.05, 0.1) is 27.7 Å². The first-order valence-corrected chi connectivity index (χ1v) is 15.0. The maximum atomic E-state index is 14.4. The largest absolute Gasteiger partial charge is 0.463 e. The maximum Gasteiger partial charge on any atom is 0.434 e. The van der Waals surface area contributed by atoms with E-state index in [-0.39, 0.29) is 27.2 Å². The van der Waals surface area contributed by atoms with Gasteiger partial charge in [-0.25, -0.2) is 9.79 Å². The minimum absolute atomic E-state index is 0.0334. The average molecular weight is 667 g/mol. The van der Waals surface area contributed by atoms with Gasteiger partial charge in [-0.2, -0.15) is 13.2 Å². The van der Waals surface area contributed by atoms with Crippen LogP contribution in [0, 0.1) is 10.1 Å². The second-order valence-corrected chi connectivity index (χ2v) is 11.7. The number of allylic oxidation sites excluding steroid dienone is 1. The van der Waals surface area contributed by atoms with Crippen LogP contribution in [0.4, 0.5) is 18.9 Å². The molecule has 0 bridgehead atoms. The summed E-state index contributed by atoms with van der Waals surface area (Å²) < 4.78 is 51.3. The Balaban J connectivity index is 1.53. The molecular weight excluding hydrogens is 645 g/mol. The quantitative estimate of drug-likeness (QED) is 0.122. The van der Waals surface area contributed by atoms with E-state index in [1.165, 1.54) is 43.3 Å². The smallest absolute Gasteiger partial charge is 0.434 e. The average Bonchev–Trinajstić information content (AvgIpc) is 3.53. The number of carbonyl (C=O) groups is 1. The predicted molar refractivity (Wildman–Crippen MR) is 166 cm³/mol. The van der Waals surface area contributed by atoms with Crippen LogP contribution in [0.25, 0.3) is 17.0 Å². The highest BCUT2D eigenvalue weighted by molar-refractivity contribution is 7.07. The summed E-state index contributed by atoms with van der Waals surface area (Å²) in [5.41, 5.74) is -0.459. The van der Waals surface area contributed by atoms with Crippen LogP contribution in [0.1, 0.15) is 29.7 Å². The lowest BCUT2D eigenvalue weighted by atomic mass is 9.95. The number of carbonyl (C=O) groups excluding carboxylic acids is 1. The summed E-state index contributed by atoms with van der Waals surface area (Å²) in [7, 11) is 0. The molecule has 0 N–H and O–H groups in total. The molecule has 0 spiro atoms. The van der Waals surface area contributed by atoms with Gasteiger partial charge in [0.1, 0.15) is 0 Å². The molecule has 0 saturated heterocycles.